The summed E-state index contributed by atoms with van der Waals surface area (Å²) in [4.78, 5) is 11.0. The molecule has 1 aliphatic carbocycles. The van der Waals surface area contributed by atoms with Gasteiger partial charge < -0.3 is 5.11 Å². The Balaban J connectivity index is 2.33. The van der Waals surface area contributed by atoms with Crippen LogP contribution in [-0.4, -0.2) is 25.5 Å². The lowest BCUT2D eigenvalue weighted by molar-refractivity contribution is 0.0696. The summed E-state index contributed by atoms with van der Waals surface area (Å²) in [5, 5.41) is 8.93. The minimum atomic E-state index is -3.66. The van der Waals surface area contributed by atoms with E-state index in [0.29, 0.717) is 11.5 Å². The summed E-state index contributed by atoms with van der Waals surface area (Å²) in [7, 11) is -3.66. The topological polar surface area (TPSA) is 83.5 Å². The molecular formula is C13H17NO4S. The van der Waals surface area contributed by atoms with Gasteiger partial charge in [0.1, 0.15) is 0 Å². The second-order valence-electron chi connectivity index (χ2n) is 5.03. The van der Waals surface area contributed by atoms with Crippen LogP contribution in [-0.2, 0) is 10.0 Å². The lowest BCUT2D eigenvalue weighted by Gasteiger charge is -2.15. The molecule has 5 nitrogen and oxygen atoms in total. The summed E-state index contributed by atoms with van der Waals surface area (Å²) in [5.41, 5.74) is 0.519. The summed E-state index contributed by atoms with van der Waals surface area (Å²) in [6.45, 7) is 3.49. The number of aryl methyl sites for hydroxylation is 1. The van der Waals surface area contributed by atoms with Gasteiger partial charge in [-0.25, -0.2) is 17.9 Å². The smallest absolute Gasteiger partial charge is 0.335 e. The molecule has 1 aliphatic rings. The van der Waals surface area contributed by atoms with Crippen LogP contribution in [0.15, 0.2) is 23.1 Å². The minimum absolute atomic E-state index is 0.0231. The molecule has 6 heteroatoms. The quantitative estimate of drug-likeness (QED) is 0.862. The zero-order chi connectivity index (χ0) is 14.2. The summed E-state index contributed by atoms with van der Waals surface area (Å²) < 4.78 is 27.2. The molecule has 1 aromatic carbocycles. The summed E-state index contributed by atoms with van der Waals surface area (Å²) >= 11 is 0. The molecule has 0 radical (unpaired) electrons. The first-order chi connectivity index (χ1) is 8.81. The van der Waals surface area contributed by atoms with Gasteiger partial charge in [-0.05, 0) is 50.3 Å². The van der Waals surface area contributed by atoms with Crippen LogP contribution >= 0.6 is 0 Å². The third kappa shape index (κ3) is 3.13. The van der Waals surface area contributed by atoms with E-state index in [1.54, 1.807) is 6.92 Å². The number of sulfonamides is 1. The van der Waals surface area contributed by atoms with Crippen molar-refractivity contribution in [2.45, 2.75) is 37.6 Å². The van der Waals surface area contributed by atoms with E-state index in [-0.39, 0.29) is 16.5 Å². The van der Waals surface area contributed by atoms with Gasteiger partial charge in [0.2, 0.25) is 10.0 Å². The Hall–Kier alpha value is -1.40. The van der Waals surface area contributed by atoms with Crippen molar-refractivity contribution >= 4 is 16.0 Å². The van der Waals surface area contributed by atoms with Gasteiger partial charge in [0, 0.05) is 6.04 Å². The van der Waals surface area contributed by atoms with Gasteiger partial charge in [0.05, 0.1) is 10.5 Å². The Morgan fingerprint density at radius 2 is 2.05 bits per heavy atom. The van der Waals surface area contributed by atoms with Crippen molar-refractivity contribution in [1.29, 1.82) is 0 Å². The van der Waals surface area contributed by atoms with Crippen molar-refractivity contribution in [3.8, 4) is 0 Å². The maximum absolute atomic E-state index is 12.3. The Labute approximate surface area is 112 Å². The largest absolute Gasteiger partial charge is 0.478 e. The lowest BCUT2D eigenvalue weighted by atomic mass is 10.1. The van der Waals surface area contributed by atoms with Crippen molar-refractivity contribution < 1.29 is 18.3 Å². The summed E-state index contributed by atoms with van der Waals surface area (Å²) in [5.74, 6) is -0.732. The Kier molecular flexibility index (Phi) is 3.64. The number of aromatic carboxylic acids is 1. The van der Waals surface area contributed by atoms with Crippen LogP contribution in [0.1, 0.15) is 35.7 Å². The standard InChI is InChI=1S/C13H17NO4S/c1-8-3-4-11(13(15)16)7-12(8)19(17,18)14-9(2)10-5-6-10/h3-4,7,9-10,14H,5-6H2,1-2H3,(H,15,16). The third-order valence-corrected chi connectivity index (χ3v) is 5.10. The van der Waals surface area contributed by atoms with Gasteiger partial charge in [-0.15, -0.1) is 0 Å². The average Bonchev–Trinajstić information content (AvgIpc) is 3.11. The van der Waals surface area contributed by atoms with Gasteiger partial charge >= 0.3 is 5.97 Å². The Morgan fingerprint density at radius 1 is 1.42 bits per heavy atom. The molecule has 0 aliphatic heterocycles. The van der Waals surface area contributed by atoms with Crippen molar-refractivity contribution in [1.82, 2.24) is 4.72 Å². The number of carboxylic acids is 1. The first-order valence-corrected chi connectivity index (χ1v) is 7.66. The zero-order valence-electron chi connectivity index (χ0n) is 10.9. The number of carbonyl (C=O) groups is 1. The predicted octanol–water partition coefficient (Wildman–Crippen LogP) is 1.77. The van der Waals surface area contributed by atoms with Crippen LogP contribution in [0.25, 0.3) is 0 Å². The molecule has 2 rings (SSSR count). The first-order valence-electron chi connectivity index (χ1n) is 6.17. The van der Waals surface area contributed by atoms with Gasteiger partial charge in [0.15, 0.2) is 0 Å². The highest BCUT2D eigenvalue weighted by molar-refractivity contribution is 7.89. The molecule has 0 spiro atoms. The highest BCUT2D eigenvalue weighted by Crippen LogP contribution is 2.33. The molecule has 0 heterocycles. The number of carboxylic acid groups (broad SMARTS) is 1. The van der Waals surface area contributed by atoms with Crippen LogP contribution in [0.3, 0.4) is 0 Å². The van der Waals surface area contributed by atoms with Crippen molar-refractivity contribution in [3.05, 3.63) is 29.3 Å². The Morgan fingerprint density at radius 3 is 2.58 bits per heavy atom. The van der Waals surface area contributed by atoms with E-state index in [4.69, 9.17) is 5.11 Å². The second-order valence-corrected chi connectivity index (χ2v) is 6.72. The number of hydrogen-bond donors (Lipinski definition) is 2. The monoisotopic (exact) mass is 283 g/mol. The summed E-state index contributed by atoms with van der Waals surface area (Å²) in [6.07, 6.45) is 2.08. The fourth-order valence-electron chi connectivity index (χ4n) is 2.02. The molecule has 1 aromatic rings. The van der Waals surface area contributed by atoms with E-state index in [1.807, 2.05) is 6.92 Å². The van der Waals surface area contributed by atoms with E-state index in [0.717, 1.165) is 12.8 Å². The van der Waals surface area contributed by atoms with Crippen molar-refractivity contribution in [2.24, 2.45) is 5.92 Å². The highest BCUT2D eigenvalue weighted by atomic mass is 32.2. The third-order valence-electron chi connectivity index (χ3n) is 3.39. The van der Waals surface area contributed by atoms with E-state index in [1.165, 1.54) is 18.2 Å². The molecule has 1 saturated carbocycles. The molecule has 2 N–H and O–H groups in total. The predicted molar refractivity (Wildman–Crippen MR) is 70.6 cm³/mol. The molecule has 104 valence electrons. The number of rotatable bonds is 5. The van der Waals surface area contributed by atoms with Crippen LogP contribution in [0.4, 0.5) is 0 Å². The molecule has 1 atom stereocenters. The molecule has 0 saturated heterocycles. The molecule has 1 fully saturated rings. The fourth-order valence-corrected chi connectivity index (χ4v) is 3.61. The molecule has 0 bridgehead atoms. The second kappa shape index (κ2) is 4.94. The van der Waals surface area contributed by atoms with Gasteiger partial charge in [-0.2, -0.15) is 0 Å². The van der Waals surface area contributed by atoms with Crippen LogP contribution in [0.5, 0.6) is 0 Å². The molecule has 0 amide bonds. The Bertz CT molecular complexity index is 605. The van der Waals surface area contributed by atoms with Crippen molar-refractivity contribution in [3.63, 3.8) is 0 Å². The van der Waals surface area contributed by atoms with E-state index in [2.05, 4.69) is 4.72 Å². The lowest BCUT2D eigenvalue weighted by Crippen LogP contribution is -2.34. The summed E-state index contributed by atoms with van der Waals surface area (Å²) in [6, 6.07) is 4.01. The molecule has 0 aromatic heterocycles. The maximum Gasteiger partial charge on any atom is 0.335 e. The normalized spacial score (nSPS) is 17.2. The minimum Gasteiger partial charge on any atom is -0.478 e. The maximum atomic E-state index is 12.3. The number of benzene rings is 1. The molecule has 19 heavy (non-hydrogen) atoms. The van der Waals surface area contributed by atoms with Gasteiger partial charge in [-0.1, -0.05) is 6.07 Å². The SMILES string of the molecule is Cc1ccc(C(=O)O)cc1S(=O)(=O)NC(C)C1CC1. The van der Waals surface area contributed by atoms with Crippen LogP contribution in [0.2, 0.25) is 0 Å². The van der Waals surface area contributed by atoms with Crippen LogP contribution in [0, 0.1) is 12.8 Å². The molecule has 1 unspecified atom stereocenters. The van der Waals surface area contributed by atoms with Gasteiger partial charge in [-0.3, -0.25) is 0 Å². The van der Waals surface area contributed by atoms with E-state index >= 15 is 0 Å². The fraction of sp³-hybridized carbons (Fsp3) is 0.462. The number of nitrogens with one attached hydrogen (secondary N) is 1. The zero-order valence-corrected chi connectivity index (χ0v) is 11.7. The first kappa shape index (κ1) is 14.0. The van der Waals surface area contributed by atoms with E-state index in [9.17, 15) is 13.2 Å². The van der Waals surface area contributed by atoms with Crippen LogP contribution < -0.4 is 4.72 Å². The highest BCUT2D eigenvalue weighted by Gasteiger charge is 2.31. The molecular weight excluding hydrogens is 266 g/mol. The average molecular weight is 283 g/mol. The van der Waals surface area contributed by atoms with E-state index < -0.39 is 16.0 Å². The number of hydrogen-bond acceptors (Lipinski definition) is 3. The van der Waals surface area contributed by atoms with Crippen molar-refractivity contribution in [2.75, 3.05) is 0 Å². The van der Waals surface area contributed by atoms with Gasteiger partial charge in [0.25, 0.3) is 0 Å².